The Kier molecular flexibility index (Phi) is 3.85. The van der Waals surface area contributed by atoms with Gasteiger partial charge in [-0.2, -0.15) is 0 Å². The first-order chi connectivity index (χ1) is 12.2. The second kappa shape index (κ2) is 6.32. The fourth-order valence-electron chi connectivity index (χ4n) is 2.93. The summed E-state index contributed by atoms with van der Waals surface area (Å²) < 4.78 is 0. The zero-order valence-electron chi connectivity index (χ0n) is 13.5. The van der Waals surface area contributed by atoms with E-state index < -0.39 is 0 Å². The second-order valence-electron chi connectivity index (χ2n) is 5.90. The number of carbonyl (C=O) groups is 2. The third kappa shape index (κ3) is 3.06. The Morgan fingerprint density at radius 1 is 1.08 bits per heavy atom. The van der Waals surface area contributed by atoms with Crippen molar-refractivity contribution in [2.24, 2.45) is 0 Å². The summed E-state index contributed by atoms with van der Waals surface area (Å²) in [5, 5.41) is 2.82. The van der Waals surface area contributed by atoms with Gasteiger partial charge in [-0.25, -0.2) is 4.98 Å². The maximum absolute atomic E-state index is 12.5. The van der Waals surface area contributed by atoms with Crippen LogP contribution in [0.3, 0.4) is 0 Å². The van der Waals surface area contributed by atoms with Crippen molar-refractivity contribution in [2.75, 3.05) is 16.8 Å². The number of hydrogen-bond acceptors (Lipinski definition) is 4. The first-order valence-corrected chi connectivity index (χ1v) is 8.14. The van der Waals surface area contributed by atoms with Gasteiger partial charge in [-0.05, 0) is 36.8 Å². The van der Waals surface area contributed by atoms with E-state index in [1.54, 1.807) is 17.0 Å². The number of fused-ring (bicyclic) bond motifs is 1. The lowest BCUT2D eigenvalue weighted by Gasteiger charge is -2.16. The molecule has 124 valence electrons. The van der Waals surface area contributed by atoms with Crippen LogP contribution in [0.4, 0.5) is 11.4 Å². The Morgan fingerprint density at radius 3 is 2.72 bits per heavy atom. The summed E-state index contributed by atoms with van der Waals surface area (Å²) in [5.74, 6) is -0.216. The number of aromatic nitrogens is 2. The maximum atomic E-state index is 12.5. The Balaban J connectivity index is 1.56. The van der Waals surface area contributed by atoms with Crippen LogP contribution >= 0.6 is 0 Å². The van der Waals surface area contributed by atoms with Gasteiger partial charge in [-0.15, -0.1) is 0 Å². The van der Waals surface area contributed by atoms with E-state index in [9.17, 15) is 9.59 Å². The molecule has 2 amide bonds. The minimum atomic E-state index is -0.330. The largest absolute Gasteiger partial charge is 0.321 e. The molecule has 0 bridgehead atoms. The highest BCUT2D eigenvalue weighted by atomic mass is 16.2. The van der Waals surface area contributed by atoms with E-state index in [0.29, 0.717) is 24.2 Å². The number of hydrogen-bond donors (Lipinski definition) is 1. The van der Waals surface area contributed by atoms with Crippen LogP contribution in [0.5, 0.6) is 0 Å². The summed E-state index contributed by atoms with van der Waals surface area (Å²) in [5.41, 5.74) is 3.09. The molecule has 6 heteroatoms. The smallest absolute Gasteiger partial charge is 0.275 e. The number of carbonyl (C=O) groups excluding carboxylic acids is 2. The fraction of sp³-hybridized carbons (Fsp3) is 0.158. The predicted molar refractivity (Wildman–Crippen MR) is 95.5 cm³/mol. The van der Waals surface area contributed by atoms with E-state index in [-0.39, 0.29) is 17.5 Å². The lowest BCUT2D eigenvalue weighted by atomic mass is 10.2. The van der Waals surface area contributed by atoms with E-state index in [1.165, 1.54) is 6.20 Å². The van der Waals surface area contributed by atoms with Gasteiger partial charge in [0.1, 0.15) is 5.69 Å². The van der Waals surface area contributed by atoms with E-state index in [0.717, 1.165) is 17.6 Å². The van der Waals surface area contributed by atoms with Gasteiger partial charge in [0.15, 0.2) is 0 Å². The molecule has 1 N–H and O–H groups in total. The lowest BCUT2D eigenvalue weighted by Crippen LogP contribution is -2.23. The van der Waals surface area contributed by atoms with Crippen LogP contribution in [0, 0.1) is 0 Å². The number of benzene rings is 2. The molecule has 0 saturated carbocycles. The number of para-hydroxylation sites is 2. The van der Waals surface area contributed by atoms with Crippen molar-refractivity contribution in [3.63, 3.8) is 0 Å². The molecule has 2 heterocycles. The minimum Gasteiger partial charge on any atom is -0.321 e. The highest BCUT2D eigenvalue weighted by Crippen LogP contribution is 2.24. The molecule has 25 heavy (non-hydrogen) atoms. The van der Waals surface area contributed by atoms with Gasteiger partial charge in [0, 0.05) is 24.3 Å². The van der Waals surface area contributed by atoms with Crippen molar-refractivity contribution in [2.45, 2.75) is 12.8 Å². The molecule has 6 nitrogen and oxygen atoms in total. The lowest BCUT2D eigenvalue weighted by molar-refractivity contribution is -0.117. The van der Waals surface area contributed by atoms with Gasteiger partial charge in [0.25, 0.3) is 5.91 Å². The van der Waals surface area contributed by atoms with Crippen molar-refractivity contribution >= 4 is 34.2 Å². The normalized spacial score (nSPS) is 14.1. The van der Waals surface area contributed by atoms with Crippen LogP contribution in [0.2, 0.25) is 0 Å². The highest BCUT2D eigenvalue weighted by Gasteiger charge is 2.22. The van der Waals surface area contributed by atoms with Gasteiger partial charge in [0.05, 0.1) is 17.2 Å². The van der Waals surface area contributed by atoms with Gasteiger partial charge < -0.3 is 10.2 Å². The molecule has 1 aliphatic rings. The Hall–Kier alpha value is -3.28. The van der Waals surface area contributed by atoms with E-state index >= 15 is 0 Å². The Bertz CT molecular complexity index is 970. The highest BCUT2D eigenvalue weighted by molar-refractivity contribution is 6.04. The van der Waals surface area contributed by atoms with Gasteiger partial charge in [-0.3, -0.25) is 14.6 Å². The predicted octanol–water partition coefficient (Wildman–Crippen LogP) is 3.01. The van der Waals surface area contributed by atoms with Crippen LogP contribution in [-0.4, -0.2) is 28.3 Å². The standard InChI is InChI=1S/C19H16N4O2/c24-18-9-4-10-23(18)14-6-3-5-13(11-14)21-19(25)17-12-20-15-7-1-2-8-16(15)22-17/h1-3,5-8,11-12H,4,9-10H2,(H,21,25). The number of amides is 2. The molecular weight excluding hydrogens is 316 g/mol. The summed E-state index contributed by atoms with van der Waals surface area (Å²) in [7, 11) is 0. The second-order valence-corrected chi connectivity index (χ2v) is 5.90. The first kappa shape index (κ1) is 15.3. The van der Waals surface area contributed by atoms with Crippen LogP contribution in [0.25, 0.3) is 11.0 Å². The summed E-state index contributed by atoms with van der Waals surface area (Å²) in [4.78, 5) is 34.7. The summed E-state index contributed by atoms with van der Waals surface area (Å²) >= 11 is 0. The quantitative estimate of drug-likeness (QED) is 0.800. The summed E-state index contributed by atoms with van der Waals surface area (Å²) in [6, 6.07) is 14.7. The topological polar surface area (TPSA) is 75.2 Å². The van der Waals surface area contributed by atoms with Crippen molar-refractivity contribution in [1.82, 2.24) is 9.97 Å². The van der Waals surface area contributed by atoms with Crippen molar-refractivity contribution in [3.8, 4) is 0 Å². The third-order valence-corrected chi connectivity index (χ3v) is 4.17. The molecular formula is C19H16N4O2. The molecule has 0 spiro atoms. The molecule has 0 atom stereocenters. The van der Waals surface area contributed by atoms with Crippen LogP contribution in [-0.2, 0) is 4.79 Å². The average Bonchev–Trinajstić information content (AvgIpc) is 3.07. The molecule has 0 aliphatic carbocycles. The maximum Gasteiger partial charge on any atom is 0.275 e. The van der Waals surface area contributed by atoms with E-state index in [1.807, 2.05) is 36.4 Å². The average molecular weight is 332 g/mol. The minimum absolute atomic E-state index is 0.115. The molecule has 2 aromatic carbocycles. The molecule has 1 aliphatic heterocycles. The molecule has 1 aromatic heterocycles. The zero-order valence-corrected chi connectivity index (χ0v) is 13.5. The molecule has 0 unspecified atom stereocenters. The summed E-state index contributed by atoms with van der Waals surface area (Å²) in [6.45, 7) is 0.715. The van der Waals surface area contributed by atoms with Crippen LogP contribution in [0.15, 0.2) is 54.7 Å². The molecule has 1 saturated heterocycles. The number of rotatable bonds is 3. The number of nitrogens with zero attached hydrogens (tertiary/aromatic N) is 3. The SMILES string of the molecule is O=C(Nc1cccc(N2CCCC2=O)c1)c1cnc2ccccc2n1. The first-order valence-electron chi connectivity index (χ1n) is 8.14. The Labute approximate surface area is 144 Å². The molecule has 0 radical (unpaired) electrons. The molecule has 1 fully saturated rings. The monoisotopic (exact) mass is 332 g/mol. The third-order valence-electron chi connectivity index (χ3n) is 4.17. The van der Waals surface area contributed by atoms with Gasteiger partial charge >= 0.3 is 0 Å². The summed E-state index contributed by atoms with van der Waals surface area (Å²) in [6.07, 6.45) is 2.90. The fourth-order valence-corrected chi connectivity index (χ4v) is 2.93. The van der Waals surface area contributed by atoms with Crippen molar-refractivity contribution in [1.29, 1.82) is 0 Å². The van der Waals surface area contributed by atoms with E-state index in [4.69, 9.17) is 0 Å². The van der Waals surface area contributed by atoms with Gasteiger partial charge in [0.2, 0.25) is 5.91 Å². The van der Waals surface area contributed by atoms with Gasteiger partial charge in [-0.1, -0.05) is 18.2 Å². The van der Waals surface area contributed by atoms with Crippen LogP contribution in [0.1, 0.15) is 23.3 Å². The number of nitrogens with one attached hydrogen (secondary N) is 1. The Morgan fingerprint density at radius 2 is 1.92 bits per heavy atom. The number of anilines is 2. The molecule has 3 aromatic rings. The van der Waals surface area contributed by atoms with E-state index in [2.05, 4.69) is 15.3 Å². The van der Waals surface area contributed by atoms with Crippen molar-refractivity contribution in [3.05, 3.63) is 60.4 Å². The zero-order chi connectivity index (χ0) is 17.2. The van der Waals surface area contributed by atoms with Crippen LogP contribution < -0.4 is 10.2 Å². The molecule has 4 rings (SSSR count). The van der Waals surface area contributed by atoms with Crippen molar-refractivity contribution < 1.29 is 9.59 Å².